The highest BCUT2D eigenvalue weighted by molar-refractivity contribution is 5.18. The van der Waals surface area contributed by atoms with E-state index in [1.807, 2.05) is 60.7 Å². The molecular weight excluding hydrogens is 250 g/mol. The molecular formula is C16H21N3O. The van der Waals surface area contributed by atoms with Crippen LogP contribution in [0, 0.1) is 0 Å². The minimum absolute atomic E-state index is 0.250. The molecule has 106 valence electrons. The first kappa shape index (κ1) is 16.0. The summed E-state index contributed by atoms with van der Waals surface area (Å²) in [7, 11) is 0. The van der Waals surface area contributed by atoms with E-state index in [0.717, 1.165) is 11.1 Å². The lowest BCUT2D eigenvalue weighted by Crippen LogP contribution is -2.06. The largest absolute Gasteiger partial charge is 0.397 e. The first-order chi connectivity index (χ1) is 9.77. The fraction of sp³-hybridized carbons (Fsp3) is 0.250. The van der Waals surface area contributed by atoms with Crippen LogP contribution in [-0.4, -0.2) is 11.7 Å². The number of rotatable bonds is 4. The Hall–Kier alpha value is -2.04. The fourth-order valence-corrected chi connectivity index (χ4v) is 1.51. The van der Waals surface area contributed by atoms with Crippen molar-refractivity contribution in [2.45, 2.75) is 19.6 Å². The summed E-state index contributed by atoms with van der Waals surface area (Å²) in [6.07, 6.45) is -0.375. The topological polar surface area (TPSA) is 71.0 Å². The van der Waals surface area contributed by atoms with Gasteiger partial charge >= 0.3 is 0 Å². The average molecular weight is 271 g/mol. The summed E-state index contributed by atoms with van der Waals surface area (Å²) in [4.78, 5) is 0. The number of aliphatic hydroxyl groups is 1. The maximum absolute atomic E-state index is 7.57. The van der Waals surface area contributed by atoms with Gasteiger partial charge in [-0.3, -0.25) is 0 Å². The summed E-state index contributed by atoms with van der Waals surface area (Å²) < 4.78 is 0. The highest BCUT2D eigenvalue weighted by atomic mass is 16.2. The van der Waals surface area contributed by atoms with Gasteiger partial charge in [-0.2, -0.15) is 10.2 Å². The molecule has 2 rings (SSSR count). The second kappa shape index (κ2) is 9.83. The SMILES string of the molecule is CCO.NC(N=NCc1ccccc1)c1ccccc1. The van der Waals surface area contributed by atoms with Crippen molar-refractivity contribution in [3.63, 3.8) is 0 Å². The first-order valence-corrected chi connectivity index (χ1v) is 6.59. The van der Waals surface area contributed by atoms with Crippen LogP contribution in [0.25, 0.3) is 0 Å². The van der Waals surface area contributed by atoms with Crippen molar-refractivity contribution in [1.82, 2.24) is 0 Å². The lowest BCUT2D eigenvalue weighted by Gasteiger charge is -2.04. The van der Waals surface area contributed by atoms with E-state index < -0.39 is 0 Å². The molecule has 4 nitrogen and oxygen atoms in total. The minimum Gasteiger partial charge on any atom is -0.397 e. The van der Waals surface area contributed by atoms with Gasteiger partial charge in [0.2, 0.25) is 0 Å². The first-order valence-electron chi connectivity index (χ1n) is 6.59. The zero-order valence-corrected chi connectivity index (χ0v) is 11.7. The number of nitrogens with zero attached hydrogens (tertiary/aromatic N) is 2. The molecule has 0 aliphatic rings. The maximum Gasteiger partial charge on any atom is 0.144 e. The van der Waals surface area contributed by atoms with Gasteiger partial charge in [-0.25, -0.2) is 0 Å². The quantitative estimate of drug-likeness (QED) is 0.837. The molecule has 1 unspecified atom stereocenters. The number of hydrogen-bond donors (Lipinski definition) is 2. The highest BCUT2D eigenvalue weighted by Crippen LogP contribution is 2.11. The highest BCUT2D eigenvalue weighted by Gasteiger charge is 2.01. The lowest BCUT2D eigenvalue weighted by molar-refractivity contribution is 0.318. The third-order valence-corrected chi connectivity index (χ3v) is 2.44. The van der Waals surface area contributed by atoms with Crippen molar-refractivity contribution >= 4 is 0 Å². The molecule has 2 aromatic rings. The number of azo groups is 1. The van der Waals surface area contributed by atoms with E-state index in [1.165, 1.54) is 0 Å². The maximum atomic E-state index is 7.57. The Morgan fingerprint density at radius 3 is 2.05 bits per heavy atom. The molecule has 0 fully saturated rings. The van der Waals surface area contributed by atoms with Gasteiger partial charge in [-0.05, 0) is 18.1 Å². The molecule has 0 radical (unpaired) electrons. The fourth-order valence-electron chi connectivity index (χ4n) is 1.51. The van der Waals surface area contributed by atoms with Crippen molar-refractivity contribution < 1.29 is 5.11 Å². The Balaban J connectivity index is 0.000000612. The number of hydrogen-bond acceptors (Lipinski definition) is 4. The minimum atomic E-state index is -0.375. The van der Waals surface area contributed by atoms with E-state index in [0.29, 0.717) is 6.54 Å². The van der Waals surface area contributed by atoms with E-state index in [4.69, 9.17) is 10.8 Å². The molecule has 4 heteroatoms. The zero-order chi connectivity index (χ0) is 14.6. The van der Waals surface area contributed by atoms with Gasteiger partial charge in [0, 0.05) is 6.61 Å². The average Bonchev–Trinajstić information content (AvgIpc) is 2.50. The van der Waals surface area contributed by atoms with Crippen molar-refractivity contribution in [3.05, 3.63) is 71.8 Å². The van der Waals surface area contributed by atoms with Crippen LogP contribution in [0.1, 0.15) is 24.2 Å². The molecule has 0 amide bonds. The van der Waals surface area contributed by atoms with Crippen LogP contribution < -0.4 is 5.73 Å². The van der Waals surface area contributed by atoms with Crippen LogP contribution in [-0.2, 0) is 6.54 Å². The molecule has 20 heavy (non-hydrogen) atoms. The van der Waals surface area contributed by atoms with Crippen molar-refractivity contribution in [3.8, 4) is 0 Å². The van der Waals surface area contributed by atoms with Crippen LogP contribution in [0.4, 0.5) is 0 Å². The van der Waals surface area contributed by atoms with E-state index in [1.54, 1.807) is 6.92 Å². The van der Waals surface area contributed by atoms with Crippen LogP contribution in [0.3, 0.4) is 0 Å². The normalized spacial score (nSPS) is 11.8. The van der Waals surface area contributed by atoms with Crippen molar-refractivity contribution in [2.75, 3.05) is 6.61 Å². The van der Waals surface area contributed by atoms with Crippen LogP contribution in [0.5, 0.6) is 0 Å². The van der Waals surface area contributed by atoms with E-state index in [-0.39, 0.29) is 12.8 Å². The predicted octanol–water partition coefficient (Wildman–Crippen LogP) is 3.29. The Morgan fingerprint density at radius 2 is 1.50 bits per heavy atom. The molecule has 0 aliphatic heterocycles. The van der Waals surface area contributed by atoms with Gasteiger partial charge in [0.25, 0.3) is 0 Å². The second-order valence-corrected chi connectivity index (χ2v) is 4.07. The molecule has 1 atom stereocenters. The van der Waals surface area contributed by atoms with E-state index >= 15 is 0 Å². The second-order valence-electron chi connectivity index (χ2n) is 4.07. The van der Waals surface area contributed by atoms with Crippen LogP contribution in [0.15, 0.2) is 70.9 Å². The monoisotopic (exact) mass is 271 g/mol. The Bertz CT molecular complexity index is 486. The van der Waals surface area contributed by atoms with Gasteiger partial charge < -0.3 is 10.8 Å². The third-order valence-electron chi connectivity index (χ3n) is 2.44. The Morgan fingerprint density at radius 1 is 1.00 bits per heavy atom. The van der Waals surface area contributed by atoms with Gasteiger partial charge in [0.15, 0.2) is 0 Å². The molecule has 0 saturated heterocycles. The number of nitrogens with two attached hydrogens (primary N) is 1. The summed E-state index contributed by atoms with van der Waals surface area (Å²) in [5, 5.41) is 15.8. The van der Waals surface area contributed by atoms with E-state index in [9.17, 15) is 0 Å². The molecule has 3 N–H and O–H groups in total. The van der Waals surface area contributed by atoms with Crippen LogP contribution in [0.2, 0.25) is 0 Å². The van der Waals surface area contributed by atoms with Gasteiger partial charge in [-0.15, -0.1) is 0 Å². The Kier molecular flexibility index (Phi) is 7.87. The number of benzene rings is 2. The molecule has 0 saturated carbocycles. The standard InChI is InChI=1S/C14H15N3.C2H6O/c15-14(13-9-5-2-6-10-13)17-16-11-12-7-3-1-4-8-12;1-2-3/h1-10,14H,11,15H2;3H,2H2,1H3. The lowest BCUT2D eigenvalue weighted by atomic mass is 10.2. The summed E-state index contributed by atoms with van der Waals surface area (Å²) in [5.41, 5.74) is 8.01. The molecule has 0 spiro atoms. The van der Waals surface area contributed by atoms with Crippen molar-refractivity contribution in [2.24, 2.45) is 16.0 Å². The summed E-state index contributed by atoms with van der Waals surface area (Å²) >= 11 is 0. The van der Waals surface area contributed by atoms with Gasteiger partial charge in [0.05, 0.1) is 6.54 Å². The molecule has 0 aromatic heterocycles. The Labute approximate surface area is 120 Å². The zero-order valence-electron chi connectivity index (χ0n) is 11.7. The predicted molar refractivity (Wildman–Crippen MR) is 81.1 cm³/mol. The van der Waals surface area contributed by atoms with Crippen LogP contribution >= 0.6 is 0 Å². The van der Waals surface area contributed by atoms with Gasteiger partial charge in [0.1, 0.15) is 6.17 Å². The molecule has 0 aliphatic carbocycles. The number of aliphatic hydroxyl groups excluding tert-OH is 1. The third kappa shape index (κ3) is 6.22. The smallest absolute Gasteiger partial charge is 0.144 e. The summed E-state index contributed by atoms with van der Waals surface area (Å²) in [6, 6.07) is 19.7. The van der Waals surface area contributed by atoms with Crippen molar-refractivity contribution in [1.29, 1.82) is 0 Å². The summed E-state index contributed by atoms with van der Waals surface area (Å²) in [5.74, 6) is 0. The molecule has 0 heterocycles. The molecule has 0 bridgehead atoms. The summed E-state index contributed by atoms with van der Waals surface area (Å²) in [6.45, 7) is 2.50. The van der Waals surface area contributed by atoms with E-state index in [2.05, 4.69) is 10.2 Å². The molecule has 2 aromatic carbocycles. The van der Waals surface area contributed by atoms with Gasteiger partial charge in [-0.1, -0.05) is 60.7 Å².